The first-order chi connectivity index (χ1) is 14.5. The monoisotopic (exact) mass is 455 g/mol. The van der Waals surface area contributed by atoms with Gasteiger partial charge < -0.3 is 4.74 Å². The molecule has 1 atom stereocenters. The molecule has 3 rings (SSSR count). The molecule has 160 valence electrons. The molecule has 0 aliphatic carbocycles. The molecule has 1 aliphatic rings. The average Bonchev–Trinajstić information content (AvgIpc) is 3.39. The van der Waals surface area contributed by atoms with Crippen LogP contribution in [0.15, 0.2) is 29.8 Å². The third kappa shape index (κ3) is 5.99. The number of pyridine rings is 1. The summed E-state index contributed by atoms with van der Waals surface area (Å²) in [5.41, 5.74) is 4.22. The molecule has 2 aromatic heterocycles. The maximum absolute atomic E-state index is 12.7. The Morgan fingerprint density at radius 2 is 2.27 bits per heavy atom. The highest BCUT2D eigenvalue weighted by atomic mass is 32.2. The number of nitrogens with one attached hydrogen (secondary N) is 1. The van der Waals surface area contributed by atoms with Crippen LogP contribution in [0, 0.1) is 18.3 Å². The van der Waals surface area contributed by atoms with Crippen LogP contribution < -0.4 is 10.5 Å². The van der Waals surface area contributed by atoms with E-state index in [1.165, 1.54) is 11.3 Å². The van der Waals surface area contributed by atoms with Crippen molar-refractivity contribution < 1.29 is 17.8 Å². The first-order valence-corrected chi connectivity index (χ1v) is 10.3. The van der Waals surface area contributed by atoms with Crippen molar-refractivity contribution in [3.05, 3.63) is 40.1 Å². The van der Waals surface area contributed by atoms with E-state index in [1.807, 2.05) is 20.0 Å². The highest BCUT2D eigenvalue weighted by Crippen LogP contribution is 2.29. The Morgan fingerprint density at radius 1 is 1.43 bits per heavy atom. The Kier molecular flexibility index (Phi) is 7.75. The molecule has 0 aromatic carbocycles. The van der Waals surface area contributed by atoms with Gasteiger partial charge in [-0.05, 0) is 25.6 Å². The zero-order valence-electron chi connectivity index (χ0n) is 16.2. The maximum atomic E-state index is 12.7. The van der Waals surface area contributed by atoms with E-state index in [-0.39, 0.29) is 0 Å². The van der Waals surface area contributed by atoms with Gasteiger partial charge in [0.2, 0.25) is 6.23 Å². The van der Waals surface area contributed by atoms with Crippen LogP contribution in [0.2, 0.25) is 0 Å². The number of thiazole rings is 1. The van der Waals surface area contributed by atoms with Crippen molar-refractivity contribution in [3.8, 4) is 6.07 Å². The molecular weight excluding hydrogens is 436 g/mol. The van der Waals surface area contributed by atoms with Crippen molar-refractivity contribution in [1.29, 1.82) is 5.26 Å². The number of anilines is 1. The fourth-order valence-corrected chi connectivity index (χ4v) is 3.71. The molecule has 2 aromatic rings. The summed E-state index contributed by atoms with van der Waals surface area (Å²) in [5, 5.41) is 14.5. The van der Waals surface area contributed by atoms with Crippen molar-refractivity contribution in [2.75, 3.05) is 18.7 Å². The Bertz CT molecular complexity index is 922. The number of hydrogen-bond acceptors (Lipinski definition) is 11. The minimum Gasteiger partial charge on any atom is -0.445 e. The van der Waals surface area contributed by atoms with Gasteiger partial charge in [-0.25, -0.2) is 14.4 Å². The number of nitriles is 1. The summed E-state index contributed by atoms with van der Waals surface area (Å²) in [6.07, 6.45) is 1.77. The Morgan fingerprint density at radius 3 is 2.97 bits per heavy atom. The third-order valence-electron chi connectivity index (χ3n) is 3.76. The molecule has 1 unspecified atom stereocenters. The number of aromatic nitrogens is 2. The number of hydrogen-bond donors (Lipinski definition) is 1. The van der Waals surface area contributed by atoms with Crippen molar-refractivity contribution in [3.63, 3.8) is 0 Å². The summed E-state index contributed by atoms with van der Waals surface area (Å²) in [4.78, 5) is 9.16. The summed E-state index contributed by atoms with van der Waals surface area (Å²) < 4.78 is 38.1. The number of hydrazone groups is 1. The van der Waals surface area contributed by atoms with Crippen LogP contribution in [0.1, 0.15) is 28.1 Å². The first-order valence-electron chi connectivity index (χ1n) is 8.81. The molecule has 0 saturated heterocycles. The van der Waals surface area contributed by atoms with E-state index < -0.39 is 18.6 Å². The van der Waals surface area contributed by atoms with Gasteiger partial charge in [-0.15, -0.1) is 16.4 Å². The summed E-state index contributed by atoms with van der Waals surface area (Å²) in [5.74, 6) is -0.637. The summed E-state index contributed by atoms with van der Waals surface area (Å²) in [6.45, 7) is 2.76. The largest absolute Gasteiger partial charge is 0.445 e. The highest BCUT2D eigenvalue weighted by Gasteiger charge is 2.29. The zero-order chi connectivity index (χ0) is 21.5. The predicted octanol–water partition coefficient (Wildman–Crippen LogP) is 3.39. The van der Waals surface area contributed by atoms with E-state index in [2.05, 4.69) is 26.6 Å². The van der Waals surface area contributed by atoms with Gasteiger partial charge in [-0.3, -0.25) is 10.4 Å². The molecule has 0 saturated carbocycles. The van der Waals surface area contributed by atoms with Crippen LogP contribution in [-0.2, 0) is 15.6 Å². The smallest absolute Gasteiger partial charge is 0.314 e. The van der Waals surface area contributed by atoms with Crippen LogP contribution in [0.4, 0.5) is 14.5 Å². The maximum Gasteiger partial charge on any atom is 0.314 e. The van der Waals surface area contributed by atoms with Crippen molar-refractivity contribution in [1.82, 2.24) is 19.7 Å². The lowest BCUT2D eigenvalue weighted by Gasteiger charge is -2.23. The van der Waals surface area contributed by atoms with Gasteiger partial charge in [0.1, 0.15) is 17.2 Å². The van der Waals surface area contributed by atoms with Gasteiger partial charge in [0.05, 0.1) is 29.4 Å². The highest BCUT2D eigenvalue weighted by molar-refractivity contribution is 7.92. The molecule has 0 radical (unpaired) electrons. The van der Waals surface area contributed by atoms with Crippen LogP contribution >= 0.6 is 23.6 Å². The van der Waals surface area contributed by atoms with Gasteiger partial charge in [-0.2, -0.15) is 18.3 Å². The van der Waals surface area contributed by atoms with E-state index in [9.17, 15) is 8.78 Å². The number of rotatable bonds is 10. The van der Waals surface area contributed by atoms with Gasteiger partial charge in [-0.1, -0.05) is 0 Å². The number of halogens is 2. The number of ether oxygens (including phenoxy) is 1. The van der Waals surface area contributed by atoms with Crippen LogP contribution in [0.25, 0.3) is 0 Å². The molecule has 3 heterocycles. The fraction of sp³-hybridized carbons (Fsp3) is 0.412. The lowest BCUT2D eigenvalue weighted by molar-refractivity contribution is 0.136. The fourth-order valence-electron chi connectivity index (χ4n) is 2.34. The van der Waals surface area contributed by atoms with Crippen molar-refractivity contribution in [2.45, 2.75) is 32.5 Å². The molecule has 9 nitrogen and oxygen atoms in total. The summed E-state index contributed by atoms with van der Waals surface area (Å²) in [6, 6.07) is 4.01. The van der Waals surface area contributed by atoms with E-state index in [0.29, 0.717) is 29.4 Å². The standard InChI is InChI=1S/C17H19F2N7O2S2/c1-11-6-12(8-21-7-11)26(28-30-25(2)5-3-4-20)10-14-22-9-13(29-14)16-23-24-17(27-16)15(18)19/h6-9,15-16,23H,3,5,10H2,1-2H3. The Balaban J connectivity index is 1.67. The number of aryl methyl sites for hydroxylation is 1. The molecule has 1 N–H and O–H groups in total. The topological polar surface area (TPSA) is 98.9 Å². The first kappa shape index (κ1) is 22.2. The van der Waals surface area contributed by atoms with Gasteiger partial charge in [0.15, 0.2) is 0 Å². The third-order valence-corrected chi connectivity index (χ3v) is 5.47. The van der Waals surface area contributed by atoms with Crippen LogP contribution in [0.3, 0.4) is 0 Å². The second kappa shape index (κ2) is 10.5. The quantitative estimate of drug-likeness (QED) is 0.328. The minimum absolute atomic E-state index is 0.296. The summed E-state index contributed by atoms with van der Waals surface area (Å²) >= 11 is 2.39. The zero-order valence-corrected chi connectivity index (χ0v) is 17.8. The normalized spacial score (nSPS) is 15.6. The lowest BCUT2D eigenvalue weighted by atomic mass is 10.3. The van der Waals surface area contributed by atoms with Gasteiger partial charge in [0.25, 0.3) is 5.90 Å². The second-order valence-corrected chi connectivity index (χ2v) is 8.27. The van der Waals surface area contributed by atoms with E-state index >= 15 is 0 Å². The van der Waals surface area contributed by atoms with Crippen molar-refractivity contribution >= 4 is 35.2 Å². The Hall–Kier alpha value is -2.53. The molecule has 0 fully saturated rings. The van der Waals surface area contributed by atoms with Gasteiger partial charge >= 0.3 is 6.43 Å². The number of hydroxylamine groups is 1. The second-order valence-electron chi connectivity index (χ2n) is 6.20. The lowest BCUT2D eigenvalue weighted by Crippen LogP contribution is -2.23. The SMILES string of the molecule is Cc1cncc(N(Cc2ncc(C3NN=C(C(F)F)O3)s2)OSN(C)CCC#N)c1. The van der Waals surface area contributed by atoms with Gasteiger partial charge in [0, 0.05) is 25.4 Å². The van der Waals surface area contributed by atoms with E-state index in [0.717, 1.165) is 23.5 Å². The molecular formula is C17H19F2N7O2S2. The summed E-state index contributed by atoms with van der Waals surface area (Å²) in [7, 11) is 1.82. The average molecular weight is 456 g/mol. The number of nitrogens with zero attached hydrogens (tertiary/aromatic N) is 6. The molecule has 0 bridgehead atoms. The molecule has 1 aliphatic heterocycles. The van der Waals surface area contributed by atoms with E-state index in [4.69, 9.17) is 14.3 Å². The molecule has 0 spiro atoms. The van der Waals surface area contributed by atoms with Crippen LogP contribution in [-0.4, -0.2) is 40.2 Å². The Labute approximate surface area is 180 Å². The molecule has 0 amide bonds. The van der Waals surface area contributed by atoms with E-state index in [1.54, 1.807) is 28.0 Å². The van der Waals surface area contributed by atoms with Crippen LogP contribution in [0.5, 0.6) is 0 Å². The predicted molar refractivity (Wildman–Crippen MR) is 109 cm³/mol. The molecule has 30 heavy (non-hydrogen) atoms. The molecule has 13 heteroatoms. The minimum atomic E-state index is -2.78. The number of alkyl halides is 2. The van der Waals surface area contributed by atoms with Crippen molar-refractivity contribution in [2.24, 2.45) is 5.10 Å².